The van der Waals surface area contributed by atoms with Gasteiger partial charge in [-0.25, -0.2) is 4.79 Å². The lowest BCUT2D eigenvalue weighted by Crippen LogP contribution is -2.46. The van der Waals surface area contributed by atoms with Crippen LogP contribution in [0.2, 0.25) is 0 Å². The van der Waals surface area contributed by atoms with Crippen molar-refractivity contribution in [3.8, 4) is 5.75 Å². The summed E-state index contributed by atoms with van der Waals surface area (Å²) in [7, 11) is 1.26. The van der Waals surface area contributed by atoms with Crippen LogP contribution in [-0.2, 0) is 27.4 Å². The van der Waals surface area contributed by atoms with Gasteiger partial charge in [0.25, 0.3) is 5.91 Å². The highest BCUT2D eigenvalue weighted by Crippen LogP contribution is 2.16. The number of esters is 1. The van der Waals surface area contributed by atoms with E-state index in [1.165, 1.54) is 7.11 Å². The SMILES string of the molecule is COC(=O)[C@H](Cc1ccc(OCc2ccccc2)cc1)NC(=O)C(CC(C)C)=NO. The van der Waals surface area contributed by atoms with Crippen molar-refractivity contribution in [1.82, 2.24) is 5.32 Å². The number of oxime groups is 1. The van der Waals surface area contributed by atoms with E-state index in [1.807, 2.05) is 68.4 Å². The van der Waals surface area contributed by atoms with Crippen molar-refractivity contribution in [2.75, 3.05) is 7.11 Å². The van der Waals surface area contributed by atoms with Gasteiger partial charge in [0.2, 0.25) is 0 Å². The molecular formula is C23H28N2O5. The Morgan fingerprint density at radius 1 is 1.03 bits per heavy atom. The minimum absolute atomic E-state index is 0.0245. The molecule has 0 bridgehead atoms. The summed E-state index contributed by atoms with van der Waals surface area (Å²) in [4.78, 5) is 24.5. The third-order valence-electron chi connectivity index (χ3n) is 4.39. The van der Waals surface area contributed by atoms with Gasteiger partial charge < -0.3 is 20.0 Å². The average Bonchev–Trinajstić information content (AvgIpc) is 2.76. The average molecular weight is 412 g/mol. The molecule has 1 atom stereocenters. The van der Waals surface area contributed by atoms with Gasteiger partial charge in [0, 0.05) is 12.8 Å². The monoisotopic (exact) mass is 412 g/mol. The van der Waals surface area contributed by atoms with Gasteiger partial charge in [0.05, 0.1) is 7.11 Å². The second kappa shape index (κ2) is 11.6. The van der Waals surface area contributed by atoms with E-state index in [9.17, 15) is 9.59 Å². The van der Waals surface area contributed by atoms with Crippen molar-refractivity contribution in [2.45, 2.75) is 39.3 Å². The van der Waals surface area contributed by atoms with Crippen molar-refractivity contribution in [3.63, 3.8) is 0 Å². The summed E-state index contributed by atoms with van der Waals surface area (Å²) in [6, 6.07) is 16.2. The van der Waals surface area contributed by atoms with E-state index < -0.39 is 17.9 Å². The van der Waals surface area contributed by atoms with E-state index >= 15 is 0 Å². The maximum atomic E-state index is 12.4. The number of hydrogen-bond acceptors (Lipinski definition) is 6. The summed E-state index contributed by atoms with van der Waals surface area (Å²) < 4.78 is 10.6. The molecule has 2 aromatic carbocycles. The predicted molar refractivity (Wildman–Crippen MR) is 114 cm³/mol. The second-order valence-electron chi connectivity index (χ2n) is 7.32. The van der Waals surface area contributed by atoms with Crippen LogP contribution in [0.5, 0.6) is 5.75 Å². The van der Waals surface area contributed by atoms with E-state index in [1.54, 1.807) is 0 Å². The highest BCUT2D eigenvalue weighted by Gasteiger charge is 2.25. The molecule has 30 heavy (non-hydrogen) atoms. The zero-order valence-electron chi connectivity index (χ0n) is 17.5. The molecule has 0 unspecified atom stereocenters. The highest BCUT2D eigenvalue weighted by molar-refractivity contribution is 6.39. The maximum absolute atomic E-state index is 12.4. The van der Waals surface area contributed by atoms with Crippen molar-refractivity contribution in [2.24, 2.45) is 11.1 Å². The smallest absolute Gasteiger partial charge is 0.328 e. The Bertz CT molecular complexity index is 848. The van der Waals surface area contributed by atoms with Gasteiger partial charge in [-0.15, -0.1) is 0 Å². The molecular weight excluding hydrogens is 384 g/mol. The summed E-state index contributed by atoms with van der Waals surface area (Å²) in [6.07, 6.45) is 0.529. The van der Waals surface area contributed by atoms with E-state index in [0.717, 1.165) is 11.1 Å². The standard InChI is InChI=1S/C23H28N2O5/c1-16(2)13-20(25-28)22(26)24-21(23(27)29-3)14-17-9-11-19(12-10-17)30-15-18-7-5-4-6-8-18/h4-12,16,21,28H,13-15H2,1-3H3,(H,24,26)/t21-/m0/s1. The zero-order valence-corrected chi connectivity index (χ0v) is 17.5. The van der Waals surface area contributed by atoms with Gasteiger partial charge in [-0.2, -0.15) is 0 Å². The molecule has 0 aliphatic heterocycles. The van der Waals surface area contributed by atoms with Crippen LogP contribution in [0.1, 0.15) is 31.4 Å². The second-order valence-corrected chi connectivity index (χ2v) is 7.32. The Kier molecular flexibility index (Phi) is 8.87. The van der Waals surface area contributed by atoms with Crippen molar-refractivity contribution < 1.29 is 24.3 Å². The Labute approximate surface area is 176 Å². The molecule has 2 aromatic rings. The molecule has 2 N–H and O–H groups in total. The van der Waals surface area contributed by atoms with E-state index in [0.29, 0.717) is 18.8 Å². The number of ether oxygens (including phenoxy) is 2. The predicted octanol–water partition coefficient (Wildman–Crippen LogP) is 3.34. The molecule has 0 aliphatic carbocycles. The fourth-order valence-corrected chi connectivity index (χ4v) is 2.84. The molecule has 0 saturated heterocycles. The first-order chi connectivity index (χ1) is 14.4. The van der Waals surface area contributed by atoms with Crippen LogP contribution in [0.25, 0.3) is 0 Å². The van der Waals surface area contributed by atoms with Gasteiger partial charge >= 0.3 is 5.97 Å². The Morgan fingerprint density at radius 3 is 2.27 bits per heavy atom. The Morgan fingerprint density at radius 2 is 1.70 bits per heavy atom. The molecule has 7 heteroatoms. The maximum Gasteiger partial charge on any atom is 0.328 e. The molecule has 0 aliphatic rings. The molecule has 0 saturated carbocycles. The minimum atomic E-state index is -0.900. The van der Waals surface area contributed by atoms with E-state index in [-0.39, 0.29) is 18.1 Å². The first-order valence-corrected chi connectivity index (χ1v) is 9.78. The Hall–Kier alpha value is -3.35. The number of benzene rings is 2. The normalized spacial score (nSPS) is 12.3. The molecule has 0 spiro atoms. The van der Waals surface area contributed by atoms with Gasteiger partial charge in [-0.1, -0.05) is 61.5 Å². The topological polar surface area (TPSA) is 97.2 Å². The number of rotatable bonds is 10. The lowest BCUT2D eigenvalue weighted by molar-refractivity contribution is -0.144. The number of nitrogens with one attached hydrogen (secondary N) is 1. The molecule has 160 valence electrons. The van der Waals surface area contributed by atoms with Crippen LogP contribution in [0.15, 0.2) is 59.8 Å². The minimum Gasteiger partial charge on any atom is -0.489 e. The van der Waals surface area contributed by atoms with E-state index in [2.05, 4.69) is 10.5 Å². The first kappa shape index (κ1) is 22.9. The largest absolute Gasteiger partial charge is 0.489 e. The summed E-state index contributed by atoms with van der Waals surface area (Å²) in [5.74, 6) is -0.339. The quantitative estimate of drug-likeness (QED) is 0.270. The molecule has 7 nitrogen and oxygen atoms in total. The zero-order chi connectivity index (χ0) is 21.9. The van der Waals surface area contributed by atoms with Crippen LogP contribution in [0, 0.1) is 5.92 Å². The van der Waals surface area contributed by atoms with Crippen LogP contribution in [0.4, 0.5) is 0 Å². The van der Waals surface area contributed by atoms with Crippen LogP contribution < -0.4 is 10.1 Å². The van der Waals surface area contributed by atoms with Gasteiger partial charge in [-0.05, 0) is 29.2 Å². The van der Waals surface area contributed by atoms with Crippen molar-refractivity contribution in [1.29, 1.82) is 0 Å². The van der Waals surface area contributed by atoms with Crippen LogP contribution >= 0.6 is 0 Å². The number of nitrogens with zero attached hydrogens (tertiary/aromatic N) is 1. The number of carbonyl (C=O) groups is 2. The molecule has 0 radical (unpaired) electrons. The highest BCUT2D eigenvalue weighted by atomic mass is 16.5. The molecule has 2 rings (SSSR count). The lowest BCUT2D eigenvalue weighted by atomic mass is 10.0. The fourth-order valence-electron chi connectivity index (χ4n) is 2.84. The summed E-state index contributed by atoms with van der Waals surface area (Å²) in [5, 5.41) is 14.8. The van der Waals surface area contributed by atoms with Crippen LogP contribution in [0.3, 0.4) is 0 Å². The number of amides is 1. The molecule has 0 heterocycles. The molecule has 0 fully saturated rings. The molecule has 1 amide bonds. The van der Waals surface area contributed by atoms with Gasteiger partial charge in [0.1, 0.15) is 24.1 Å². The van der Waals surface area contributed by atoms with Crippen molar-refractivity contribution >= 4 is 17.6 Å². The lowest BCUT2D eigenvalue weighted by Gasteiger charge is -2.17. The summed E-state index contributed by atoms with van der Waals surface area (Å²) >= 11 is 0. The summed E-state index contributed by atoms with van der Waals surface area (Å²) in [6.45, 7) is 4.26. The van der Waals surface area contributed by atoms with Crippen molar-refractivity contribution in [3.05, 3.63) is 65.7 Å². The van der Waals surface area contributed by atoms with Gasteiger partial charge in [-0.3, -0.25) is 4.79 Å². The van der Waals surface area contributed by atoms with Crippen LogP contribution in [-0.4, -0.2) is 35.9 Å². The van der Waals surface area contributed by atoms with E-state index in [4.69, 9.17) is 14.7 Å². The molecule has 0 aromatic heterocycles. The fraction of sp³-hybridized carbons (Fsp3) is 0.348. The summed E-state index contributed by atoms with van der Waals surface area (Å²) in [5.41, 5.74) is 1.87. The number of carbonyl (C=O) groups excluding carboxylic acids is 2. The Balaban J connectivity index is 2.00. The number of hydrogen-bond donors (Lipinski definition) is 2. The third kappa shape index (κ3) is 7.24. The third-order valence-corrected chi connectivity index (χ3v) is 4.39. The first-order valence-electron chi connectivity index (χ1n) is 9.78. The number of methoxy groups -OCH3 is 1. The van der Waals surface area contributed by atoms with Gasteiger partial charge in [0.15, 0.2) is 0 Å².